The van der Waals surface area contributed by atoms with E-state index in [1.807, 2.05) is 0 Å². The number of nitrogens with one attached hydrogen (secondary N) is 1. The molecular formula is C34H41NO11. The highest BCUT2D eigenvalue weighted by Gasteiger charge is 2.43. The van der Waals surface area contributed by atoms with E-state index in [2.05, 4.69) is 5.32 Å². The van der Waals surface area contributed by atoms with E-state index in [9.17, 15) is 49.8 Å². The van der Waals surface area contributed by atoms with Gasteiger partial charge in [0.25, 0.3) is 5.91 Å². The first-order valence-electron chi connectivity index (χ1n) is 15.1. The van der Waals surface area contributed by atoms with Gasteiger partial charge < -0.3 is 40.7 Å². The Kier molecular flexibility index (Phi) is 10.2. The number of Topliss-reactive ketones (excluding diaryl/α,β-unsaturated/α-hetero) is 2. The lowest BCUT2D eigenvalue weighted by Crippen LogP contribution is -2.49. The lowest BCUT2D eigenvalue weighted by Gasteiger charge is -2.41. The Morgan fingerprint density at radius 2 is 1.41 bits per heavy atom. The molecule has 0 aromatic heterocycles. The van der Waals surface area contributed by atoms with Gasteiger partial charge in [0.15, 0.2) is 17.9 Å². The van der Waals surface area contributed by atoms with Gasteiger partial charge in [0.2, 0.25) is 5.78 Å². The van der Waals surface area contributed by atoms with Gasteiger partial charge in [0.1, 0.15) is 11.5 Å². The SMILES string of the molecule is C/C1=C/C=C/[C@H](C)[C@H](O)[C@@H](C)[C@@H](O)[C@@H](C)[C@H]2C[C@@H](O)[C@H](/C=C(\C)C(=O)c3c(O)c(C)c(O)c4c3C(=O)C=C(NC1=O)C4=O)C(O)O2. The number of benzene rings is 1. The van der Waals surface area contributed by atoms with Gasteiger partial charge in [0.05, 0.1) is 52.7 Å². The molecule has 5 aliphatic heterocycles. The first kappa shape index (κ1) is 34.9. The quantitative estimate of drug-likeness (QED) is 0.219. The minimum absolute atomic E-state index is 0.0270. The van der Waals surface area contributed by atoms with Gasteiger partial charge in [-0.2, -0.15) is 0 Å². The van der Waals surface area contributed by atoms with E-state index in [0.717, 1.165) is 6.08 Å². The zero-order chi connectivity index (χ0) is 34.4. The Hall–Kier alpha value is -3.94. The largest absolute Gasteiger partial charge is 0.507 e. The van der Waals surface area contributed by atoms with Crippen molar-refractivity contribution in [1.29, 1.82) is 0 Å². The van der Waals surface area contributed by atoms with Crippen LogP contribution in [0.5, 0.6) is 11.5 Å². The Morgan fingerprint density at radius 3 is 2.02 bits per heavy atom. The number of hydrogen-bond donors (Lipinski definition) is 7. The maximum absolute atomic E-state index is 13.8. The fourth-order valence-corrected chi connectivity index (χ4v) is 6.20. The fraction of sp³-hybridized carbons (Fsp3) is 0.471. The first-order chi connectivity index (χ1) is 21.5. The van der Waals surface area contributed by atoms with Crippen LogP contribution in [0.25, 0.3) is 0 Å². The molecule has 0 saturated carbocycles. The van der Waals surface area contributed by atoms with Gasteiger partial charge in [-0.1, -0.05) is 45.1 Å². The molecule has 0 radical (unpaired) electrons. The molecule has 1 aliphatic carbocycles. The molecule has 7 rings (SSSR count). The lowest BCUT2D eigenvalue weighted by atomic mass is 9.79. The predicted octanol–water partition coefficient (Wildman–Crippen LogP) is 2.14. The molecule has 1 unspecified atom stereocenters. The highest BCUT2D eigenvalue weighted by Crippen LogP contribution is 2.42. The van der Waals surface area contributed by atoms with Crippen LogP contribution in [-0.4, -0.2) is 84.6 Å². The van der Waals surface area contributed by atoms with Gasteiger partial charge in [-0.05, 0) is 26.3 Å². The Morgan fingerprint density at radius 1 is 0.804 bits per heavy atom. The van der Waals surface area contributed by atoms with Gasteiger partial charge in [-0.3, -0.25) is 19.2 Å². The molecule has 0 spiro atoms. The van der Waals surface area contributed by atoms with E-state index in [1.54, 1.807) is 26.8 Å². The third kappa shape index (κ3) is 6.36. The first-order valence-corrected chi connectivity index (χ1v) is 15.1. The molecule has 1 fully saturated rings. The molecule has 5 heterocycles. The molecule has 12 nitrogen and oxygen atoms in total. The Balaban J connectivity index is 1.85. The summed E-state index contributed by atoms with van der Waals surface area (Å²) in [6, 6.07) is 0. The van der Waals surface area contributed by atoms with Crippen LogP contribution in [-0.2, 0) is 9.53 Å². The molecule has 1 saturated heterocycles. The van der Waals surface area contributed by atoms with Crippen LogP contribution in [0.4, 0.5) is 0 Å². The van der Waals surface area contributed by atoms with E-state index in [0.29, 0.717) is 0 Å². The number of phenols is 2. The highest BCUT2D eigenvalue weighted by molar-refractivity contribution is 6.31. The zero-order valence-electron chi connectivity index (χ0n) is 26.5. The summed E-state index contributed by atoms with van der Waals surface area (Å²) in [4.78, 5) is 53.6. The molecule has 1 aromatic carbocycles. The summed E-state index contributed by atoms with van der Waals surface area (Å²) in [5.41, 5.74) is -2.36. The number of rotatable bonds is 0. The van der Waals surface area contributed by atoms with E-state index in [-0.39, 0.29) is 23.1 Å². The van der Waals surface area contributed by atoms with Crippen LogP contribution in [0.2, 0.25) is 0 Å². The molecule has 1 aromatic rings. The van der Waals surface area contributed by atoms with E-state index < -0.39 is 112 Å². The molecule has 6 aliphatic rings. The topological polar surface area (TPSA) is 211 Å². The van der Waals surface area contributed by atoms with Crippen LogP contribution in [0.15, 0.2) is 47.2 Å². The monoisotopic (exact) mass is 639 g/mol. The molecule has 248 valence electrons. The molecule has 9 atom stereocenters. The summed E-state index contributed by atoms with van der Waals surface area (Å²) in [6.07, 6.45) is 0.850. The number of ketones is 3. The molecule has 6 bridgehead atoms. The van der Waals surface area contributed by atoms with Crippen LogP contribution < -0.4 is 5.32 Å². The molecular weight excluding hydrogens is 598 g/mol. The molecule has 7 N–H and O–H groups in total. The van der Waals surface area contributed by atoms with E-state index in [4.69, 9.17) is 4.74 Å². The maximum atomic E-state index is 13.8. The third-order valence-corrected chi connectivity index (χ3v) is 9.38. The Labute approximate surface area is 266 Å². The summed E-state index contributed by atoms with van der Waals surface area (Å²) in [5.74, 6) is -7.89. The van der Waals surface area contributed by atoms with Crippen molar-refractivity contribution in [2.75, 3.05) is 0 Å². The number of hydrogen-bond acceptors (Lipinski definition) is 11. The van der Waals surface area contributed by atoms with Crippen molar-refractivity contribution in [2.45, 2.75) is 78.7 Å². The number of phenolic OH excluding ortho intramolecular Hbond substituents is 2. The standard InChI is InChI=1S/C34H41NO11/c1-13-8-7-9-14(2)33(44)35-20-11-22(37)24-25(30(41)18(6)31(42)26(24)32(20)43)28(39)15(3)10-19-21(36)12-23(46-34(19)45)16(4)29(40)17(5)27(13)38/h7-11,13,16-17,19,21,23,27,29,34,36,38,40-42,45H,12H2,1-6H3,(H,35,44)/b8-7+,14-9-,15-10+/t13-,16-,17+,19-,21+,23+,27-,29-,34?/m0/s1. The van der Waals surface area contributed by atoms with Crippen molar-refractivity contribution in [1.82, 2.24) is 5.32 Å². The van der Waals surface area contributed by atoms with Gasteiger partial charge >= 0.3 is 0 Å². The van der Waals surface area contributed by atoms with Crippen LogP contribution >= 0.6 is 0 Å². The van der Waals surface area contributed by atoms with Crippen LogP contribution in [0, 0.1) is 30.6 Å². The minimum atomic E-state index is -1.61. The molecule has 46 heavy (non-hydrogen) atoms. The average Bonchev–Trinajstić information content (AvgIpc) is 3.01. The number of allylic oxidation sites excluding steroid dienone is 5. The van der Waals surface area contributed by atoms with Crippen molar-refractivity contribution >= 4 is 23.3 Å². The molecule has 1 amide bonds. The second kappa shape index (κ2) is 13.4. The number of aliphatic hydroxyl groups excluding tert-OH is 4. The summed E-state index contributed by atoms with van der Waals surface area (Å²) >= 11 is 0. The van der Waals surface area contributed by atoms with Crippen LogP contribution in [0.1, 0.15) is 77.7 Å². The smallest absolute Gasteiger partial charge is 0.251 e. The Bertz CT molecular complexity index is 1570. The maximum Gasteiger partial charge on any atom is 0.251 e. The number of carbonyl (C=O) groups excluding carboxylic acids is 4. The van der Waals surface area contributed by atoms with E-state index in [1.165, 1.54) is 39.0 Å². The van der Waals surface area contributed by atoms with E-state index >= 15 is 0 Å². The average molecular weight is 640 g/mol. The second-order valence-corrected chi connectivity index (χ2v) is 12.6. The van der Waals surface area contributed by atoms with Crippen molar-refractivity contribution < 1.29 is 54.6 Å². The predicted molar refractivity (Wildman–Crippen MR) is 165 cm³/mol. The number of ether oxygens (including phenoxy) is 1. The number of carbonyl (C=O) groups is 4. The van der Waals surface area contributed by atoms with Gasteiger partial charge in [0, 0.05) is 41.4 Å². The third-order valence-electron chi connectivity index (χ3n) is 9.38. The lowest BCUT2D eigenvalue weighted by molar-refractivity contribution is -0.233. The summed E-state index contributed by atoms with van der Waals surface area (Å²) < 4.78 is 5.78. The fourth-order valence-electron chi connectivity index (χ4n) is 6.20. The number of aromatic hydroxyl groups is 2. The van der Waals surface area contributed by atoms with Gasteiger partial charge in [-0.25, -0.2) is 0 Å². The minimum Gasteiger partial charge on any atom is -0.507 e. The van der Waals surface area contributed by atoms with Crippen molar-refractivity contribution in [3.8, 4) is 11.5 Å². The summed E-state index contributed by atoms with van der Waals surface area (Å²) in [6.45, 7) is 9.10. The number of aliphatic hydroxyl groups is 4. The number of amides is 1. The van der Waals surface area contributed by atoms with Crippen molar-refractivity contribution in [3.05, 3.63) is 69.5 Å². The highest BCUT2D eigenvalue weighted by atomic mass is 16.6. The molecule has 12 heteroatoms. The second-order valence-electron chi connectivity index (χ2n) is 12.6. The summed E-state index contributed by atoms with van der Waals surface area (Å²) in [5, 5.41) is 68.1. The van der Waals surface area contributed by atoms with Crippen LogP contribution in [0.3, 0.4) is 0 Å². The summed E-state index contributed by atoms with van der Waals surface area (Å²) in [7, 11) is 0. The van der Waals surface area contributed by atoms with Crippen molar-refractivity contribution in [2.24, 2.45) is 23.7 Å². The van der Waals surface area contributed by atoms with Crippen molar-refractivity contribution in [3.63, 3.8) is 0 Å². The zero-order valence-corrected chi connectivity index (χ0v) is 26.5. The van der Waals surface area contributed by atoms with Gasteiger partial charge in [-0.15, -0.1) is 0 Å². The normalized spacial score (nSPS) is 36.0.